The maximum absolute atomic E-state index is 11.9. The van der Waals surface area contributed by atoms with Crippen LogP contribution >= 0.6 is 0 Å². The van der Waals surface area contributed by atoms with E-state index in [1.165, 1.54) is 22.2 Å². The van der Waals surface area contributed by atoms with Crippen molar-refractivity contribution >= 4 is 23.5 Å². The van der Waals surface area contributed by atoms with Crippen LogP contribution < -0.4 is 10.6 Å². The van der Waals surface area contributed by atoms with Crippen LogP contribution in [0.15, 0.2) is 24.8 Å². The van der Waals surface area contributed by atoms with E-state index in [4.69, 9.17) is 0 Å². The van der Waals surface area contributed by atoms with Gasteiger partial charge in [0.1, 0.15) is 23.0 Å². The fourth-order valence-electron chi connectivity index (χ4n) is 2.43. The van der Waals surface area contributed by atoms with Crippen LogP contribution in [0.1, 0.15) is 40.2 Å². The molecular formula is C19H28N8O2. The standard InChI is InChI=1S/C19H28N8O2/c1-26(2)18(28)14-10-20-12-16(24-14)22-8-6-5-7-9-23-17-13-21-11-15(25-17)19(29)27(3)4/h10-13H,5-9H2,1-4H3,(H,22,24)(H,23,25). The fraction of sp³-hybridized carbons (Fsp3) is 0.474. The van der Waals surface area contributed by atoms with Crippen LogP contribution in [0.5, 0.6) is 0 Å². The summed E-state index contributed by atoms with van der Waals surface area (Å²) in [7, 11) is 6.72. The summed E-state index contributed by atoms with van der Waals surface area (Å²) in [6.07, 6.45) is 9.02. The lowest BCUT2D eigenvalue weighted by Crippen LogP contribution is -2.23. The maximum atomic E-state index is 11.9. The second-order valence-corrected chi connectivity index (χ2v) is 6.89. The van der Waals surface area contributed by atoms with Crippen LogP contribution in [0.25, 0.3) is 0 Å². The van der Waals surface area contributed by atoms with Gasteiger partial charge in [0, 0.05) is 41.3 Å². The molecule has 2 heterocycles. The zero-order chi connectivity index (χ0) is 21.2. The third-order valence-electron chi connectivity index (χ3n) is 3.99. The van der Waals surface area contributed by atoms with E-state index in [9.17, 15) is 9.59 Å². The van der Waals surface area contributed by atoms with E-state index in [0.717, 1.165) is 32.4 Å². The van der Waals surface area contributed by atoms with Crippen molar-refractivity contribution in [2.75, 3.05) is 51.9 Å². The fourth-order valence-corrected chi connectivity index (χ4v) is 2.43. The Bertz CT molecular complexity index is 758. The molecule has 0 radical (unpaired) electrons. The summed E-state index contributed by atoms with van der Waals surface area (Å²) in [4.78, 5) is 43.4. The van der Waals surface area contributed by atoms with Crippen molar-refractivity contribution in [2.24, 2.45) is 0 Å². The summed E-state index contributed by atoms with van der Waals surface area (Å²) in [6, 6.07) is 0. The molecule has 2 amide bonds. The molecule has 0 aliphatic carbocycles. The smallest absolute Gasteiger partial charge is 0.273 e. The number of nitrogens with zero attached hydrogens (tertiary/aromatic N) is 6. The number of carbonyl (C=O) groups excluding carboxylic acids is 2. The molecule has 0 bridgehead atoms. The van der Waals surface area contributed by atoms with Gasteiger partial charge in [0.15, 0.2) is 0 Å². The van der Waals surface area contributed by atoms with Crippen molar-refractivity contribution in [3.8, 4) is 0 Å². The van der Waals surface area contributed by atoms with Crippen LogP contribution in [0.3, 0.4) is 0 Å². The first kappa shape index (κ1) is 22.0. The first-order valence-electron chi connectivity index (χ1n) is 9.43. The van der Waals surface area contributed by atoms with Gasteiger partial charge in [0.2, 0.25) is 0 Å². The Morgan fingerprint density at radius 1 is 0.724 bits per heavy atom. The summed E-state index contributed by atoms with van der Waals surface area (Å²) in [5, 5.41) is 6.38. The number of carbonyl (C=O) groups is 2. The molecule has 29 heavy (non-hydrogen) atoms. The van der Waals surface area contributed by atoms with Gasteiger partial charge in [-0.1, -0.05) is 0 Å². The number of unbranched alkanes of at least 4 members (excludes halogenated alkanes) is 2. The summed E-state index contributed by atoms with van der Waals surface area (Å²) < 4.78 is 0. The lowest BCUT2D eigenvalue weighted by molar-refractivity contribution is 0.0814. The topological polar surface area (TPSA) is 116 Å². The van der Waals surface area contributed by atoms with Crippen molar-refractivity contribution < 1.29 is 9.59 Å². The molecule has 2 aromatic rings. The van der Waals surface area contributed by atoms with Crippen molar-refractivity contribution in [3.05, 3.63) is 36.2 Å². The van der Waals surface area contributed by atoms with Gasteiger partial charge in [-0.25, -0.2) is 9.97 Å². The normalized spacial score (nSPS) is 10.3. The second kappa shape index (κ2) is 10.9. The van der Waals surface area contributed by atoms with Gasteiger partial charge in [-0.2, -0.15) is 0 Å². The molecule has 0 atom stereocenters. The molecule has 2 rings (SSSR count). The van der Waals surface area contributed by atoms with E-state index in [0.29, 0.717) is 23.0 Å². The number of rotatable bonds is 10. The van der Waals surface area contributed by atoms with Gasteiger partial charge in [-0.15, -0.1) is 0 Å². The average molecular weight is 400 g/mol. The molecule has 0 fully saturated rings. The van der Waals surface area contributed by atoms with Crippen molar-refractivity contribution in [1.29, 1.82) is 0 Å². The molecule has 10 heteroatoms. The van der Waals surface area contributed by atoms with Crippen LogP contribution in [0.2, 0.25) is 0 Å². The monoisotopic (exact) mass is 400 g/mol. The predicted molar refractivity (Wildman–Crippen MR) is 111 cm³/mol. The predicted octanol–water partition coefficient (Wildman–Crippen LogP) is 1.36. The molecule has 0 saturated heterocycles. The quantitative estimate of drug-likeness (QED) is 0.574. The molecule has 0 aromatic carbocycles. The third kappa shape index (κ3) is 6.98. The van der Waals surface area contributed by atoms with Crippen molar-refractivity contribution in [2.45, 2.75) is 19.3 Å². The first-order valence-corrected chi connectivity index (χ1v) is 9.43. The van der Waals surface area contributed by atoms with Crippen molar-refractivity contribution in [3.63, 3.8) is 0 Å². The van der Waals surface area contributed by atoms with E-state index < -0.39 is 0 Å². The second-order valence-electron chi connectivity index (χ2n) is 6.89. The number of hydrogen-bond donors (Lipinski definition) is 2. The number of hydrogen-bond acceptors (Lipinski definition) is 8. The van der Waals surface area contributed by atoms with E-state index in [2.05, 4.69) is 30.6 Å². The first-order chi connectivity index (χ1) is 13.9. The zero-order valence-corrected chi connectivity index (χ0v) is 17.3. The van der Waals surface area contributed by atoms with Gasteiger partial charge in [-0.05, 0) is 19.3 Å². The minimum Gasteiger partial charge on any atom is -0.369 e. The maximum Gasteiger partial charge on any atom is 0.273 e. The van der Waals surface area contributed by atoms with Crippen LogP contribution in [0, 0.1) is 0 Å². The molecule has 2 N–H and O–H groups in total. The Morgan fingerprint density at radius 2 is 1.14 bits per heavy atom. The minimum absolute atomic E-state index is 0.174. The van der Waals surface area contributed by atoms with Crippen LogP contribution in [-0.2, 0) is 0 Å². The molecule has 156 valence electrons. The largest absolute Gasteiger partial charge is 0.369 e. The molecule has 0 unspecified atom stereocenters. The Kier molecular flexibility index (Phi) is 8.26. The van der Waals surface area contributed by atoms with Crippen LogP contribution in [0.4, 0.5) is 11.6 Å². The summed E-state index contributed by atoms with van der Waals surface area (Å²) in [5.41, 5.74) is 0.639. The van der Waals surface area contributed by atoms with Crippen LogP contribution in [-0.4, -0.2) is 82.8 Å². The zero-order valence-electron chi connectivity index (χ0n) is 17.3. The Labute approximate surface area is 170 Å². The summed E-state index contributed by atoms with van der Waals surface area (Å²) in [6.45, 7) is 1.47. The summed E-state index contributed by atoms with van der Waals surface area (Å²) in [5.74, 6) is 0.834. The van der Waals surface area contributed by atoms with Crippen molar-refractivity contribution in [1.82, 2.24) is 29.7 Å². The molecular weight excluding hydrogens is 372 g/mol. The third-order valence-corrected chi connectivity index (χ3v) is 3.99. The highest BCUT2D eigenvalue weighted by molar-refractivity contribution is 5.92. The average Bonchev–Trinajstić information content (AvgIpc) is 2.72. The van der Waals surface area contributed by atoms with E-state index in [1.54, 1.807) is 40.6 Å². The van der Waals surface area contributed by atoms with E-state index >= 15 is 0 Å². The van der Waals surface area contributed by atoms with Gasteiger partial charge in [-0.3, -0.25) is 19.6 Å². The molecule has 0 saturated carbocycles. The van der Waals surface area contributed by atoms with E-state index in [-0.39, 0.29) is 11.8 Å². The highest BCUT2D eigenvalue weighted by Gasteiger charge is 2.11. The summed E-state index contributed by atoms with van der Waals surface area (Å²) >= 11 is 0. The lowest BCUT2D eigenvalue weighted by atomic mass is 10.2. The highest BCUT2D eigenvalue weighted by Crippen LogP contribution is 2.07. The molecule has 0 aliphatic heterocycles. The SMILES string of the molecule is CN(C)C(=O)c1cncc(NCCCCCNc2cncc(C(=O)N(C)C)n2)n1. The van der Waals surface area contributed by atoms with Gasteiger partial charge < -0.3 is 20.4 Å². The minimum atomic E-state index is -0.174. The molecule has 2 aromatic heterocycles. The van der Waals surface area contributed by atoms with Gasteiger partial charge >= 0.3 is 0 Å². The number of amides is 2. The Balaban J connectivity index is 1.67. The number of aromatic nitrogens is 4. The Morgan fingerprint density at radius 3 is 1.52 bits per heavy atom. The Hall–Kier alpha value is -3.30. The van der Waals surface area contributed by atoms with Gasteiger partial charge in [0.05, 0.1) is 24.8 Å². The van der Waals surface area contributed by atoms with E-state index in [1.807, 2.05) is 0 Å². The molecule has 0 spiro atoms. The highest BCUT2D eigenvalue weighted by atomic mass is 16.2. The molecule has 10 nitrogen and oxygen atoms in total. The lowest BCUT2D eigenvalue weighted by Gasteiger charge is -2.11. The molecule has 0 aliphatic rings. The number of nitrogens with one attached hydrogen (secondary N) is 2. The number of anilines is 2. The van der Waals surface area contributed by atoms with Gasteiger partial charge in [0.25, 0.3) is 11.8 Å².